The van der Waals surface area contributed by atoms with Crippen LogP contribution in [0.1, 0.15) is 26.2 Å². The molecule has 1 aromatic heterocycles. The van der Waals surface area contributed by atoms with Gasteiger partial charge >= 0.3 is 5.97 Å². The first-order valence-electron chi connectivity index (χ1n) is 7.71. The molecule has 0 radical (unpaired) electrons. The number of anilines is 1. The van der Waals surface area contributed by atoms with Crippen LogP contribution >= 0.6 is 0 Å². The van der Waals surface area contributed by atoms with Gasteiger partial charge in [0.15, 0.2) is 0 Å². The molecule has 1 fully saturated rings. The molecule has 0 saturated carbocycles. The molecule has 2 heterocycles. The number of aromatic nitrogens is 2. The molecule has 1 aliphatic heterocycles. The zero-order valence-electron chi connectivity index (χ0n) is 13.3. The first-order chi connectivity index (χ1) is 10.2. The second-order valence-electron chi connectivity index (χ2n) is 5.54. The van der Waals surface area contributed by atoms with Crippen molar-refractivity contribution in [1.82, 2.24) is 14.5 Å². The summed E-state index contributed by atoms with van der Waals surface area (Å²) in [6.45, 7) is 5.68. The highest BCUT2D eigenvalue weighted by atomic mass is 16.5. The average Bonchev–Trinajstić information content (AvgIpc) is 2.94. The third-order valence-corrected chi connectivity index (χ3v) is 4.14. The zero-order valence-corrected chi connectivity index (χ0v) is 13.3. The highest BCUT2D eigenvalue weighted by Gasteiger charge is 2.29. The standard InChI is InChI=1S/C15H26N4O2/c1-4-5-6-13(14(20)21-3)18-9-11-19(12-10-18)15-16-7-8-17(15)2/h7-8,13H,4-6,9-12H2,1-3H3/t13-/m0/s1. The number of unbranched alkanes of at least 4 members (excludes halogenated alkanes) is 1. The SMILES string of the molecule is CCCC[C@@H](C(=O)OC)N1CCN(c2nccn2C)CC1. The van der Waals surface area contributed by atoms with E-state index < -0.39 is 0 Å². The van der Waals surface area contributed by atoms with Gasteiger partial charge in [0.25, 0.3) is 0 Å². The van der Waals surface area contributed by atoms with Crippen molar-refractivity contribution in [2.75, 3.05) is 38.2 Å². The zero-order chi connectivity index (χ0) is 15.2. The van der Waals surface area contributed by atoms with Gasteiger partial charge in [-0.1, -0.05) is 19.8 Å². The van der Waals surface area contributed by atoms with Gasteiger partial charge in [-0.2, -0.15) is 0 Å². The largest absolute Gasteiger partial charge is 0.468 e. The Labute approximate surface area is 126 Å². The van der Waals surface area contributed by atoms with E-state index in [0.717, 1.165) is 51.4 Å². The van der Waals surface area contributed by atoms with Crippen molar-refractivity contribution in [3.05, 3.63) is 12.4 Å². The molecule has 6 nitrogen and oxygen atoms in total. The molecule has 0 N–H and O–H groups in total. The Morgan fingerprint density at radius 2 is 2.10 bits per heavy atom. The number of esters is 1. The van der Waals surface area contributed by atoms with E-state index in [2.05, 4.69) is 21.7 Å². The number of hydrogen-bond donors (Lipinski definition) is 0. The fourth-order valence-corrected chi connectivity index (χ4v) is 2.88. The number of carbonyl (C=O) groups excluding carboxylic acids is 1. The number of hydrogen-bond acceptors (Lipinski definition) is 5. The Hall–Kier alpha value is -1.56. The molecule has 1 aliphatic rings. The van der Waals surface area contributed by atoms with E-state index in [9.17, 15) is 4.79 Å². The number of ether oxygens (including phenoxy) is 1. The lowest BCUT2D eigenvalue weighted by atomic mass is 10.1. The van der Waals surface area contributed by atoms with Gasteiger partial charge in [0.05, 0.1) is 7.11 Å². The fourth-order valence-electron chi connectivity index (χ4n) is 2.88. The van der Waals surface area contributed by atoms with Gasteiger partial charge in [-0.25, -0.2) is 4.98 Å². The summed E-state index contributed by atoms with van der Waals surface area (Å²) in [6.07, 6.45) is 6.81. The van der Waals surface area contributed by atoms with Crippen molar-refractivity contribution in [3.63, 3.8) is 0 Å². The van der Waals surface area contributed by atoms with Crippen molar-refractivity contribution in [3.8, 4) is 0 Å². The van der Waals surface area contributed by atoms with Crippen LogP contribution in [0, 0.1) is 0 Å². The van der Waals surface area contributed by atoms with Gasteiger partial charge in [-0.3, -0.25) is 9.69 Å². The highest BCUT2D eigenvalue weighted by molar-refractivity contribution is 5.75. The molecule has 0 aliphatic carbocycles. The summed E-state index contributed by atoms with van der Waals surface area (Å²) in [5, 5.41) is 0. The summed E-state index contributed by atoms with van der Waals surface area (Å²) in [5.41, 5.74) is 0. The predicted molar refractivity (Wildman–Crippen MR) is 82.3 cm³/mol. The first kappa shape index (κ1) is 15.8. The third kappa shape index (κ3) is 3.75. The summed E-state index contributed by atoms with van der Waals surface area (Å²) >= 11 is 0. The van der Waals surface area contributed by atoms with Crippen molar-refractivity contribution >= 4 is 11.9 Å². The molecular formula is C15H26N4O2. The Bertz CT molecular complexity index is 452. The highest BCUT2D eigenvalue weighted by Crippen LogP contribution is 2.17. The molecule has 0 bridgehead atoms. The van der Waals surface area contributed by atoms with Crippen molar-refractivity contribution < 1.29 is 9.53 Å². The number of aryl methyl sites for hydroxylation is 1. The molecule has 0 spiro atoms. The second-order valence-corrected chi connectivity index (χ2v) is 5.54. The monoisotopic (exact) mass is 294 g/mol. The number of imidazole rings is 1. The van der Waals surface area contributed by atoms with Crippen LogP contribution in [0.15, 0.2) is 12.4 Å². The molecule has 0 aromatic carbocycles. The molecule has 2 rings (SSSR count). The van der Waals surface area contributed by atoms with Crippen LogP contribution in [0.2, 0.25) is 0 Å². The topological polar surface area (TPSA) is 50.6 Å². The number of nitrogens with zero attached hydrogens (tertiary/aromatic N) is 4. The van der Waals surface area contributed by atoms with Gasteiger partial charge in [-0.05, 0) is 6.42 Å². The minimum Gasteiger partial charge on any atom is -0.468 e. The van der Waals surface area contributed by atoms with Gasteiger partial charge in [0.1, 0.15) is 6.04 Å². The lowest BCUT2D eigenvalue weighted by Gasteiger charge is -2.38. The van der Waals surface area contributed by atoms with Crippen molar-refractivity contribution in [1.29, 1.82) is 0 Å². The van der Waals surface area contributed by atoms with Crippen LogP contribution in [0.25, 0.3) is 0 Å². The Balaban J connectivity index is 1.94. The minimum atomic E-state index is -0.103. The maximum absolute atomic E-state index is 12.0. The van der Waals surface area contributed by atoms with Crippen LogP contribution in [-0.4, -0.2) is 59.8 Å². The van der Waals surface area contributed by atoms with Gasteiger partial charge in [0, 0.05) is 45.6 Å². The molecule has 1 atom stereocenters. The average molecular weight is 294 g/mol. The molecule has 118 valence electrons. The van der Waals surface area contributed by atoms with E-state index in [-0.39, 0.29) is 12.0 Å². The van der Waals surface area contributed by atoms with Gasteiger partial charge in [-0.15, -0.1) is 0 Å². The van der Waals surface area contributed by atoms with Gasteiger partial charge < -0.3 is 14.2 Å². The number of piperazine rings is 1. The molecule has 21 heavy (non-hydrogen) atoms. The smallest absolute Gasteiger partial charge is 0.323 e. The van der Waals surface area contributed by atoms with E-state index in [1.807, 2.05) is 24.0 Å². The Kier molecular flexibility index (Phi) is 5.61. The maximum atomic E-state index is 12.0. The molecule has 0 amide bonds. The summed E-state index contributed by atoms with van der Waals surface area (Å²) in [6, 6.07) is -0.0986. The lowest BCUT2D eigenvalue weighted by molar-refractivity contribution is -0.147. The normalized spacial score (nSPS) is 17.8. The summed E-state index contributed by atoms with van der Waals surface area (Å²) < 4.78 is 7.00. The fraction of sp³-hybridized carbons (Fsp3) is 0.733. The predicted octanol–water partition coefficient (Wildman–Crippen LogP) is 1.27. The van der Waals surface area contributed by atoms with E-state index in [0.29, 0.717) is 0 Å². The van der Waals surface area contributed by atoms with E-state index >= 15 is 0 Å². The third-order valence-electron chi connectivity index (χ3n) is 4.14. The summed E-state index contributed by atoms with van der Waals surface area (Å²) in [7, 11) is 3.48. The summed E-state index contributed by atoms with van der Waals surface area (Å²) in [5.74, 6) is 0.895. The van der Waals surface area contributed by atoms with Crippen LogP contribution in [-0.2, 0) is 16.6 Å². The summed E-state index contributed by atoms with van der Waals surface area (Å²) in [4.78, 5) is 20.9. The van der Waals surface area contributed by atoms with Crippen LogP contribution < -0.4 is 4.90 Å². The Morgan fingerprint density at radius 1 is 1.38 bits per heavy atom. The quantitative estimate of drug-likeness (QED) is 0.740. The Morgan fingerprint density at radius 3 is 2.62 bits per heavy atom. The van der Waals surface area contributed by atoms with Crippen LogP contribution in [0.5, 0.6) is 0 Å². The number of carbonyl (C=O) groups is 1. The van der Waals surface area contributed by atoms with E-state index in [1.165, 1.54) is 7.11 Å². The van der Waals surface area contributed by atoms with Crippen LogP contribution in [0.4, 0.5) is 5.95 Å². The molecule has 1 aromatic rings. The molecular weight excluding hydrogens is 268 g/mol. The molecule has 6 heteroatoms. The maximum Gasteiger partial charge on any atom is 0.323 e. The second kappa shape index (κ2) is 7.45. The number of rotatable bonds is 6. The first-order valence-corrected chi connectivity index (χ1v) is 7.71. The number of methoxy groups -OCH3 is 1. The van der Waals surface area contributed by atoms with Crippen LogP contribution in [0.3, 0.4) is 0 Å². The van der Waals surface area contributed by atoms with E-state index in [4.69, 9.17) is 4.74 Å². The minimum absolute atomic E-state index is 0.0986. The van der Waals surface area contributed by atoms with Crippen molar-refractivity contribution in [2.45, 2.75) is 32.2 Å². The molecule has 1 saturated heterocycles. The lowest BCUT2D eigenvalue weighted by Crippen LogP contribution is -2.53. The molecule has 0 unspecified atom stereocenters. The van der Waals surface area contributed by atoms with Gasteiger partial charge in [0.2, 0.25) is 5.95 Å². The van der Waals surface area contributed by atoms with E-state index in [1.54, 1.807) is 0 Å². The van der Waals surface area contributed by atoms with Crippen molar-refractivity contribution in [2.24, 2.45) is 7.05 Å².